The first-order chi connectivity index (χ1) is 7.96. The van der Waals surface area contributed by atoms with Gasteiger partial charge in [0.2, 0.25) is 0 Å². The molecule has 1 nitrogen and oxygen atoms in total. The van der Waals surface area contributed by atoms with Crippen molar-refractivity contribution in [1.29, 1.82) is 0 Å². The van der Waals surface area contributed by atoms with Crippen LogP contribution in [0.25, 0.3) is 0 Å². The highest BCUT2D eigenvalue weighted by Gasteiger charge is 2.38. The second-order valence-corrected chi connectivity index (χ2v) is 6.50. The van der Waals surface area contributed by atoms with Crippen molar-refractivity contribution < 1.29 is 4.79 Å². The van der Waals surface area contributed by atoms with Crippen LogP contribution in [0.5, 0.6) is 0 Å². The molecule has 0 aromatic heterocycles. The number of benzene rings is 1. The maximum absolute atomic E-state index is 12.7. The monoisotopic (exact) mass is 248 g/mol. The maximum Gasteiger partial charge on any atom is 0.173 e. The molecule has 2 rings (SSSR count). The average Bonchev–Trinajstić information content (AvgIpc) is 2.72. The molecule has 0 aliphatic heterocycles. The molecule has 1 fully saturated rings. The molecule has 0 amide bonds. The van der Waals surface area contributed by atoms with Gasteiger partial charge >= 0.3 is 0 Å². The largest absolute Gasteiger partial charge is 0.293 e. The molecule has 0 radical (unpaired) electrons. The van der Waals surface area contributed by atoms with E-state index in [0.29, 0.717) is 5.78 Å². The van der Waals surface area contributed by atoms with E-state index in [0.717, 1.165) is 29.5 Å². The molecule has 0 spiro atoms. The van der Waals surface area contributed by atoms with Crippen molar-refractivity contribution in [3.05, 3.63) is 34.4 Å². The molecule has 1 aliphatic carbocycles. The van der Waals surface area contributed by atoms with Crippen LogP contribution in [-0.4, -0.2) is 10.9 Å². The smallest absolute Gasteiger partial charge is 0.173 e. The number of aryl methyl sites for hydroxylation is 2. The van der Waals surface area contributed by atoms with Gasteiger partial charge in [-0.15, -0.1) is 9.24 Å². The zero-order valence-corrected chi connectivity index (χ0v) is 12.1. The van der Waals surface area contributed by atoms with E-state index >= 15 is 0 Å². The molecule has 0 saturated heterocycles. The van der Waals surface area contributed by atoms with E-state index in [9.17, 15) is 4.79 Å². The highest BCUT2D eigenvalue weighted by Crippen LogP contribution is 2.41. The number of hydrogen-bond donors (Lipinski definition) is 0. The van der Waals surface area contributed by atoms with Crippen LogP contribution in [0.15, 0.2) is 12.1 Å². The van der Waals surface area contributed by atoms with E-state index in [1.54, 1.807) is 0 Å². The fourth-order valence-electron chi connectivity index (χ4n) is 2.78. The number of ketones is 1. The number of hydrogen-bond acceptors (Lipinski definition) is 1. The summed E-state index contributed by atoms with van der Waals surface area (Å²) in [5.41, 5.74) is 4.45. The van der Waals surface area contributed by atoms with E-state index < -0.39 is 0 Å². The fourth-order valence-corrected chi connectivity index (χ4v) is 3.34. The Morgan fingerprint density at radius 1 is 1.12 bits per heavy atom. The SMILES string of the molecule is Cc1ccc(C)c(C(=O)C2(P)CCCC2)c1C. The summed E-state index contributed by atoms with van der Waals surface area (Å²) in [5, 5.41) is -0.191. The van der Waals surface area contributed by atoms with Crippen LogP contribution >= 0.6 is 9.24 Å². The fraction of sp³-hybridized carbons (Fsp3) is 0.533. The Labute approximate surface area is 106 Å². The minimum atomic E-state index is -0.191. The molecule has 1 aliphatic rings. The normalized spacial score (nSPS) is 18.4. The predicted molar refractivity (Wildman–Crippen MR) is 75.9 cm³/mol. The number of carbonyl (C=O) groups excluding carboxylic acids is 1. The number of carbonyl (C=O) groups is 1. The molecule has 1 aromatic carbocycles. The van der Waals surface area contributed by atoms with Gasteiger partial charge in [-0.2, -0.15) is 0 Å². The van der Waals surface area contributed by atoms with Crippen LogP contribution in [0.4, 0.5) is 0 Å². The van der Waals surface area contributed by atoms with Crippen LogP contribution in [0.1, 0.15) is 52.7 Å². The van der Waals surface area contributed by atoms with Gasteiger partial charge in [-0.25, -0.2) is 0 Å². The summed E-state index contributed by atoms with van der Waals surface area (Å²) in [6, 6.07) is 4.17. The highest BCUT2D eigenvalue weighted by molar-refractivity contribution is 7.21. The van der Waals surface area contributed by atoms with E-state index in [1.807, 2.05) is 6.92 Å². The second-order valence-electron chi connectivity index (χ2n) is 5.39. The quantitative estimate of drug-likeness (QED) is 0.571. The summed E-state index contributed by atoms with van der Waals surface area (Å²) in [4.78, 5) is 12.7. The van der Waals surface area contributed by atoms with Crippen LogP contribution in [0.2, 0.25) is 0 Å². The minimum Gasteiger partial charge on any atom is -0.293 e. The van der Waals surface area contributed by atoms with Crippen LogP contribution in [-0.2, 0) is 0 Å². The Balaban J connectivity index is 2.47. The molecule has 0 bridgehead atoms. The third-order valence-electron chi connectivity index (χ3n) is 4.12. The van der Waals surface area contributed by atoms with Crippen molar-refractivity contribution in [3.8, 4) is 0 Å². The average molecular weight is 248 g/mol. The highest BCUT2D eigenvalue weighted by atomic mass is 31.0. The molecular formula is C15H21OP. The van der Waals surface area contributed by atoms with E-state index in [-0.39, 0.29) is 5.16 Å². The van der Waals surface area contributed by atoms with Gasteiger partial charge in [0.15, 0.2) is 5.78 Å². The Morgan fingerprint density at radius 3 is 2.24 bits per heavy atom. The van der Waals surface area contributed by atoms with E-state index in [1.165, 1.54) is 18.4 Å². The second kappa shape index (κ2) is 4.53. The Hall–Kier alpha value is -0.680. The minimum absolute atomic E-state index is 0.191. The number of rotatable bonds is 2. The van der Waals surface area contributed by atoms with Gasteiger partial charge in [-0.3, -0.25) is 4.79 Å². The van der Waals surface area contributed by atoms with Crippen molar-refractivity contribution in [1.82, 2.24) is 0 Å². The maximum atomic E-state index is 12.7. The van der Waals surface area contributed by atoms with Gasteiger partial charge in [0, 0.05) is 10.7 Å². The summed E-state index contributed by atoms with van der Waals surface area (Å²) < 4.78 is 0. The first-order valence-corrected chi connectivity index (χ1v) is 6.94. The molecule has 0 heterocycles. The summed E-state index contributed by atoms with van der Waals surface area (Å²) in [7, 11) is 2.83. The topological polar surface area (TPSA) is 17.1 Å². The van der Waals surface area contributed by atoms with Crippen molar-refractivity contribution in [2.24, 2.45) is 0 Å². The van der Waals surface area contributed by atoms with Gasteiger partial charge < -0.3 is 0 Å². The first kappa shape index (κ1) is 12.8. The van der Waals surface area contributed by atoms with Crippen LogP contribution in [0, 0.1) is 20.8 Å². The van der Waals surface area contributed by atoms with E-state index in [4.69, 9.17) is 0 Å². The van der Waals surface area contributed by atoms with E-state index in [2.05, 4.69) is 35.2 Å². The molecule has 1 saturated carbocycles. The van der Waals surface area contributed by atoms with Crippen molar-refractivity contribution in [2.45, 2.75) is 51.6 Å². The zero-order chi connectivity index (χ0) is 12.6. The Morgan fingerprint density at radius 2 is 1.65 bits per heavy atom. The van der Waals surface area contributed by atoms with Gasteiger partial charge in [0.05, 0.1) is 0 Å². The lowest BCUT2D eigenvalue weighted by Crippen LogP contribution is -2.29. The standard InChI is InChI=1S/C15H21OP/c1-10-6-7-11(2)13(12(10)3)14(16)15(17)8-4-5-9-15/h6-7H,4-5,8-9,17H2,1-3H3. The molecular weight excluding hydrogens is 227 g/mol. The van der Waals surface area contributed by atoms with Gasteiger partial charge in [-0.1, -0.05) is 25.0 Å². The van der Waals surface area contributed by atoms with Crippen LogP contribution < -0.4 is 0 Å². The first-order valence-electron chi connectivity index (χ1n) is 6.36. The molecule has 1 atom stereocenters. The number of Topliss-reactive ketones (excluding diaryl/α,β-unsaturated/α-hetero) is 1. The molecule has 92 valence electrons. The Bertz CT molecular complexity index is 456. The third-order valence-corrected chi connectivity index (χ3v) is 4.96. The zero-order valence-electron chi connectivity index (χ0n) is 11.0. The lowest BCUT2D eigenvalue weighted by atomic mass is 9.88. The molecule has 1 aromatic rings. The van der Waals surface area contributed by atoms with Crippen molar-refractivity contribution >= 4 is 15.0 Å². The van der Waals surface area contributed by atoms with Crippen LogP contribution in [0.3, 0.4) is 0 Å². The molecule has 0 N–H and O–H groups in total. The summed E-state index contributed by atoms with van der Waals surface area (Å²) >= 11 is 0. The Kier molecular flexibility index (Phi) is 3.41. The van der Waals surface area contributed by atoms with Gasteiger partial charge in [0.25, 0.3) is 0 Å². The summed E-state index contributed by atoms with van der Waals surface area (Å²) in [6.07, 6.45) is 4.39. The van der Waals surface area contributed by atoms with Crippen molar-refractivity contribution in [3.63, 3.8) is 0 Å². The molecule has 1 unspecified atom stereocenters. The van der Waals surface area contributed by atoms with Gasteiger partial charge in [0.1, 0.15) is 0 Å². The lowest BCUT2D eigenvalue weighted by Gasteiger charge is -2.24. The summed E-state index contributed by atoms with van der Waals surface area (Å²) in [5.74, 6) is 0.332. The van der Waals surface area contributed by atoms with Gasteiger partial charge in [-0.05, 0) is 50.3 Å². The predicted octanol–water partition coefficient (Wildman–Crippen LogP) is 3.98. The third kappa shape index (κ3) is 2.18. The molecule has 17 heavy (non-hydrogen) atoms. The lowest BCUT2D eigenvalue weighted by molar-refractivity contribution is 0.0943. The summed E-state index contributed by atoms with van der Waals surface area (Å²) in [6.45, 7) is 6.19. The molecule has 2 heteroatoms. The van der Waals surface area contributed by atoms with Crippen molar-refractivity contribution in [2.75, 3.05) is 0 Å².